The van der Waals surface area contributed by atoms with Crippen molar-refractivity contribution in [2.75, 3.05) is 0 Å². The van der Waals surface area contributed by atoms with Crippen molar-refractivity contribution < 1.29 is 9.32 Å². The minimum atomic E-state index is -0.449. The third-order valence-corrected chi connectivity index (χ3v) is 4.99. The second-order valence-electron chi connectivity index (χ2n) is 6.99. The number of carbonyl (C=O) groups is 1. The molecule has 1 unspecified atom stereocenters. The number of hydrogen-bond acceptors (Lipinski definition) is 6. The van der Waals surface area contributed by atoms with Crippen LogP contribution in [0, 0.1) is 0 Å². The highest BCUT2D eigenvalue weighted by Crippen LogP contribution is 2.27. The Kier molecular flexibility index (Phi) is 5.36. The zero-order valence-electron chi connectivity index (χ0n) is 16.4. The van der Waals surface area contributed by atoms with Gasteiger partial charge in [-0.1, -0.05) is 41.6 Å². The fourth-order valence-corrected chi connectivity index (χ4v) is 3.14. The van der Waals surface area contributed by atoms with Gasteiger partial charge in [-0.15, -0.1) is 0 Å². The molecule has 0 spiro atoms. The summed E-state index contributed by atoms with van der Waals surface area (Å²) >= 11 is 0. The van der Waals surface area contributed by atoms with E-state index in [1.807, 2.05) is 55.5 Å². The molecule has 2 heterocycles. The van der Waals surface area contributed by atoms with Gasteiger partial charge >= 0.3 is 0 Å². The Bertz CT molecular complexity index is 1170. The molecular formula is C23H21N5O2. The highest BCUT2D eigenvalue weighted by Gasteiger charge is 2.19. The molecule has 0 radical (unpaired) electrons. The number of aromatic nitrogens is 3. The normalized spacial score (nSPS) is 11.9. The fraction of sp³-hybridized carbons (Fsp3) is 0.130. The van der Waals surface area contributed by atoms with Gasteiger partial charge in [0.25, 0.3) is 0 Å². The summed E-state index contributed by atoms with van der Waals surface area (Å²) in [5.41, 5.74) is 16.1. The number of pyridine rings is 1. The van der Waals surface area contributed by atoms with Crippen LogP contribution in [-0.2, 0) is 6.54 Å². The van der Waals surface area contributed by atoms with E-state index in [0.29, 0.717) is 23.8 Å². The van der Waals surface area contributed by atoms with Crippen LogP contribution in [0.1, 0.15) is 40.3 Å². The predicted octanol–water partition coefficient (Wildman–Crippen LogP) is 3.51. The lowest BCUT2D eigenvalue weighted by Crippen LogP contribution is -2.10. The monoisotopic (exact) mass is 399 g/mol. The number of hydrogen-bond donors (Lipinski definition) is 2. The lowest BCUT2D eigenvalue weighted by Gasteiger charge is -2.09. The third kappa shape index (κ3) is 3.97. The second kappa shape index (κ2) is 8.26. The van der Waals surface area contributed by atoms with Crippen LogP contribution in [0.25, 0.3) is 22.5 Å². The standard InChI is InChI=1S/C23H21N5O2/c1-14(23-27-22(28-30-23)18-4-2-15(13-24)3-5-18)20-12-19(10-11-26-20)16-6-8-17(9-7-16)21(25)29/h2-12,14H,13,24H2,1H3,(H2,25,29). The summed E-state index contributed by atoms with van der Waals surface area (Å²) in [6.07, 6.45) is 1.74. The number of nitrogens with zero attached hydrogens (tertiary/aromatic N) is 3. The van der Waals surface area contributed by atoms with Gasteiger partial charge in [-0.25, -0.2) is 0 Å². The van der Waals surface area contributed by atoms with Crippen molar-refractivity contribution in [2.24, 2.45) is 11.5 Å². The van der Waals surface area contributed by atoms with Crippen LogP contribution in [0.5, 0.6) is 0 Å². The minimum Gasteiger partial charge on any atom is -0.366 e. The van der Waals surface area contributed by atoms with Gasteiger partial charge in [-0.2, -0.15) is 4.98 Å². The summed E-state index contributed by atoms with van der Waals surface area (Å²) in [5, 5.41) is 4.11. The molecule has 0 aliphatic rings. The smallest absolute Gasteiger partial charge is 0.248 e. The van der Waals surface area contributed by atoms with Crippen molar-refractivity contribution in [3.8, 4) is 22.5 Å². The molecular weight excluding hydrogens is 378 g/mol. The van der Waals surface area contributed by atoms with Gasteiger partial charge in [0, 0.05) is 23.9 Å². The molecule has 4 rings (SSSR count). The first-order chi connectivity index (χ1) is 14.5. The Morgan fingerprint density at radius 2 is 1.70 bits per heavy atom. The molecule has 0 saturated heterocycles. The molecule has 4 aromatic rings. The molecule has 1 atom stereocenters. The van der Waals surface area contributed by atoms with E-state index in [-0.39, 0.29) is 5.92 Å². The van der Waals surface area contributed by atoms with Crippen LogP contribution in [0.2, 0.25) is 0 Å². The van der Waals surface area contributed by atoms with Crippen molar-refractivity contribution >= 4 is 5.91 Å². The molecule has 0 bridgehead atoms. The van der Waals surface area contributed by atoms with Crippen LogP contribution < -0.4 is 11.5 Å². The number of primary amides is 1. The van der Waals surface area contributed by atoms with Gasteiger partial charge in [0.15, 0.2) is 0 Å². The van der Waals surface area contributed by atoms with Gasteiger partial charge in [-0.3, -0.25) is 9.78 Å². The first kappa shape index (κ1) is 19.5. The first-order valence-corrected chi connectivity index (χ1v) is 9.54. The van der Waals surface area contributed by atoms with E-state index in [2.05, 4.69) is 15.1 Å². The molecule has 7 nitrogen and oxygen atoms in total. The Morgan fingerprint density at radius 1 is 1.00 bits per heavy atom. The van der Waals surface area contributed by atoms with E-state index >= 15 is 0 Å². The largest absolute Gasteiger partial charge is 0.366 e. The molecule has 150 valence electrons. The summed E-state index contributed by atoms with van der Waals surface area (Å²) in [6, 6.07) is 18.8. The zero-order valence-corrected chi connectivity index (χ0v) is 16.4. The predicted molar refractivity (Wildman–Crippen MR) is 113 cm³/mol. The molecule has 0 saturated carbocycles. The average molecular weight is 399 g/mol. The topological polar surface area (TPSA) is 121 Å². The van der Waals surface area contributed by atoms with Crippen molar-refractivity contribution in [3.05, 3.63) is 89.6 Å². The Labute approximate surface area is 173 Å². The molecule has 4 N–H and O–H groups in total. The lowest BCUT2D eigenvalue weighted by atomic mass is 10.0. The molecule has 7 heteroatoms. The van der Waals surface area contributed by atoms with E-state index in [1.54, 1.807) is 18.3 Å². The number of rotatable bonds is 6. The van der Waals surface area contributed by atoms with Gasteiger partial charge in [0.05, 0.1) is 11.6 Å². The summed E-state index contributed by atoms with van der Waals surface area (Å²) < 4.78 is 5.50. The highest BCUT2D eigenvalue weighted by molar-refractivity contribution is 5.93. The number of amides is 1. The second-order valence-corrected chi connectivity index (χ2v) is 6.99. The van der Waals surface area contributed by atoms with Gasteiger partial charge in [0.2, 0.25) is 17.6 Å². The van der Waals surface area contributed by atoms with Crippen LogP contribution >= 0.6 is 0 Å². The fourth-order valence-electron chi connectivity index (χ4n) is 3.14. The zero-order chi connectivity index (χ0) is 21.1. The Morgan fingerprint density at radius 3 is 2.37 bits per heavy atom. The summed E-state index contributed by atoms with van der Waals surface area (Å²) in [4.78, 5) is 20.3. The number of carbonyl (C=O) groups excluding carboxylic acids is 1. The maximum Gasteiger partial charge on any atom is 0.248 e. The molecule has 1 amide bonds. The number of nitrogens with two attached hydrogens (primary N) is 2. The maximum atomic E-state index is 11.3. The summed E-state index contributed by atoms with van der Waals surface area (Å²) in [5.74, 6) is 0.384. The van der Waals surface area contributed by atoms with E-state index in [9.17, 15) is 4.79 Å². The Hall–Kier alpha value is -3.84. The molecule has 0 fully saturated rings. The van der Waals surface area contributed by atoms with E-state index in [4.69, 9.17) is 16.0 Å². The molecule has 0 aliphatic heterocycles. The molecule has 0 aliphatic carbocycles. The van der Waals surface area contributed by atoms with Crippen molar-refractivity contribution in [2.45, 2.75) is 19.4 Å². The van der Waals surface area contributed by atoms with Crippen molar-refractivity contribution in [3.63, 3.8) is 0 Å². The minimum absolute atomic E-state index is 0.181. The highest BCUT2D eigenvalue weighted by atomic mass is 16.5. The Balaban J connectivity index is 1.58. The van der Waals surface area contributed by atoms with Crippen LogP contribution in [-0.4, -0.2) is 21.0 Å². The SMILES string of the molecule is CC(c1cc(-c2ccc(C(N)=O)cc2)ccn1)c1nc(-c2ccc(CN)cc2)no1. The van der Waals surface area contributed by atoms with Crippen LogP contribution in [0.3, 0.4) is 0 Å². The molecule has 2 aromatic heterocycles. The quantitative estimate of drug-likeness (QED) is 0.512. The van der Waals surface area contributed by atoms with Crippen molar-refractivity contribution in [1.29, 1.82) is 0 Å². The van der Waals surface area contributed by atoms with E-state index in [0.717, 1.165) is 27.9 Å². The molecule has 30 heavy (non-hydrogen) atoms. The number of benzene rings is 2. The summed E-state index contributed by atoms with van der Waals surface area (Å²) in [7, 11) is 0. The average Bonchev–Trinajstić information content (AvgIpc) is 3.29. The third-order valence-electron chi connectivity index (χ3n) is 4.99. The van der Waals surface area contributed by atoms with E-state index < -0.39 is 5.91 Å². The van der Waals surface area contributed by atoms with Gasteiger partial charge in [-0.05, 0) is 47.9 Å². The lowest BCUT2D eigenvalue weighted by molar-refractivity contribution is 0.100. The van der Waals surface area contributed by atoms with Gasteiger partial charge in [0.1, 0.15) is 0 Å². The molecule has 2 aromatic carbocycles. The van der Waals surface area contributed by atoms with Gasteiger partial charge < -0.3 is 16.0 Å². The maximum absolute atomic E-state index is 11.3. The van der Waals surface area contributed by atoms with Crippen LogP contribution in [0.4, 0.5) is 0 Å². The summed E-state index contributed by atoms with van der Waals surface area (Å²) in [6.45, 7) is 2.46. The van der Waals surface area contributed by atoms with Crippen molar-refractivity contribution in [1.82, 2.24) is 15.1 Å². The van der Waals surface area contributed by atoms with Crippen LogP contribution in [0.15, 0.2) is 71.4 Å². The van der Waals surface area contributed by atoms with E-state index in [1.165, 1.54) is 0 Å². The first-order valence-electron chi connectivity index (χ1n) is 9.54.